The number of ether oxygens (including phenoxy) is 1. The molecule has 1 aromatic rings. The number of nitrogens with one attached hydrogen (secondary N) is 1. The van der Waals surface area contributed by atoms with E-state index in [4.69, 9.17) is 27.9 Å². The molecule has 0 spiro atoms. The lowest BCUT2D eigenvalue weighted by molar-refractivity contribution is -0.139. The van der Waals surface area contributed by atoms with Gasteiger partial charge in [0.1, 0.15) is 15.5 Å². The Morgan fingerprint density at radius 3 is 2.21 bits per heavy atom. The number of rotatable bonds is 3. The second-order valence-electron chi connectivity index (χ2n) is 4.81. The Kier molecular flexibility index (Phi) is 3.49. The topological polar surface area (TPSA) is 55.4 Å². The average molecular weight is 302 g/mol. The van der Waals surface area contributed by atoms with Crippen molar-refractivity contribution in [3.63, 3.8) is 0 Å². The largest absolute Gasteiger partial charge is 0.426 e. The number of carbonyl (C=O) groups is 2. The lowest BCUT2D eigenvalue weighted by atomic mass is 10.1. The van der Waals surface area contributed by atoms with E-state index < -0.39 is 15.7 Å². The first-order valence-electron chi connectivity index (χ1n) is 5.72. The van der Waals surface area contributed by atoms with Gasteiger partial charge in [0.05, 0.1) is 0 Å². The molecule has 1 atom stereocenters. The Bertz CT molecular complexity index is 527. The van der Waals surface area contributed by atoms with Crippen molar-refractivity contribution in [1.29, 1.82) is 0 Å². The Hall–Kier alpha value is -1.26. The monoisotopic (exact) mass is 301 g/mol. The summed E-state index contributed by atoms with van der Waals surface area (Å²) < 4.78 is 4.17. The maximum Gasteiger partial charge on any atom is 0.320 e. The summed E-state index contributed by atoms with van der Waals surface area (Å²) >= 11 is 11.8. The highest BCUT2D eigenvalue weighted by molar-refractivity contribution is 6.53. The first-order chi connectivity index (χ1) is 8.74. The van der Waals surface area contributed by atoms with Crippen LogP contribution in [-0.4, -0.2) is 16.2 Å². The quantitative estimate of drug-likeness (QED) is 0.530. The van der Waals surface area contributed by atoms with Gasteiger partial charge in [-0.1, -0.05) is 0 Å². The molecule has 0 heterocycles. The van der Waals surface area contributed by atoms with Crippen LogP contribution in [0.4, 0.5) is 5.69 Å². The highest BCUT2D eigenvalue weighted by atomic mass is 35.5. The third-order valence-corrected chi connectivity index (χ3v) is 4.20. The zero-order chi connectivity index (χ0) is 14.3. The van der Waals surface area contributed by atoms with E-state index in [1.165, 1.54) is 6.92 Å². The fourth-order valence-corrected chi connectivity index (χ4v) is 2.34. The van der Waals surface area contributed by atoms with Gasteiger partial charge in [0.25, 0.3) is 0 Å². The number of carbonyl (C=O) groups excluding carboxylic acids is 2. The number of amides is 1. The SMILES string of the molecule is CC(=O)Nc1ccc(OC(=O)C2(C)CC2(Cl)Cl)cc1. The standard InChI is InChI=1S/C13H13Cl2NO3/c1-8(17)16-9-3-5-10(6-4-9)19-11(18)12(2)7-13(12,14)15/h3-6H,7H2,1-2H3,(H,16,17). The summed E-state index contributed by atoms with van der Waals surface area (Å²) in [6, 6.07) is 6.49. The van der Waals surface area contributed by atoms with Crippen LogP contribution in [0.25, 0.3) is 0 Å². The first kappa shape index (κ1) is 14.2. The average Bonchev–Trinajstić information content (AvgIpc) is 2.82. The lowest BCUT2D eigenvalue weighted by Gasteiger charge is -2.11. The van der Waals surface area contributed by atoms with Crippen LogP contribution in [0.2, 0.25) is 0 Å². The highest BCUT2D eigenvalue weighted by Gasteiger charge is 2.69. The molecule has 1 aliphatic carbocycles. The van der Waals surface area contributed by atoms with Gasteiger partial charge in [0, 0.05) is 19.0 Å². The normalized spacial score (nSPS) is 23.6. The summed E-state index contributed by atoms with van der Waals surface area (Å²) in [6.45, 7) is 3.09. The maximum atomic E-state index is 11.9. The molecule has 0 aliphatic heterocycles. The minimum Gasteiger partial charge on any atom is -0.426 e. The first-order valence-corrected chi connectivity index (χ1v) is 6.48. The van der Waals surface area contributed by atoms with Crippen LogP contribution in [0.1, 0.15) is 20.3 Å². The van der Waals surface area contributed by atoms with Crippen LogP contribution >= 0.6 is 23.2 Å². The Labute approximate surface area is 121 Å². The molecule has 19 heavy (non-hydrogen) atoms. The van der Waals surface area contributed by atoms with Crippen molar-refractivity contribution in [3.8, 4) is 5.75 Å². The van der Waals surface area contributed by atoms with Crippen molar-refractivity contribution in [2.75, 3.05) is 5.32 Å². The molecule has 1 N–H and O–H groups in total. The summed E-state index contributed by atoms with van der Waals surface area (Å²) in [6.07, 6.45) is 0.381. The number of esters is 1. The smallest absolute Gasteiger partial charge is 0.320 e. The van der Waals surface area contributed by atoms with E-state index in [0.717, 1.165) is 0 Å². The van der Waals surface area contributed by atoms with E-state index in [2.05, 4.69) is 5.32 Å². The number of anilines is 1. The number of alkyl halides is 2. The van der Waals surface area contributed by atoms with Gasteiger partial charge in [-0.25, -0.2) is 0 Å². The van der Waals surface area contributed by atoms with Crippen LogP contribution in [0.15, 0.2) is 24.3 Å². The van der Waals surface area contributed by atoms with Crippen molar-refractivity contribution in [2.45, 2.75) is 24.6 Å². The molecule has 1 amide bonds. The zero-order valence-electron chi connectivity index (χ0n) is 10.5. The van der Waals surface area contributed by atoms with Crippen molar-refractivity contribution in [3.05, 3.63) is 24.3 Å². The molecule has 6 heteroatoms. The minimum absolute atomic E-state index is 0.163. The van der Waals surface area contributed by atoms with Crippen LogP contribution in [0.5, 0.6) is 5.75 Å². The summed E-state index contributed by atoms with van der Waals surface area (Å²) in [7, 11) is 0. The Morgan fingerprint density at radius 2 is 1.79 bits per heavy atom. The van der Waals surface area contributed by atoms with E-state index in [1.807, 2.05) is 0 Å². The van der Waals surface area contributed by atoms with E-state index in [1.54, 1.807) is 31.2 Å². The molecular weight excluding hydrogens is 289 g/mol. The molecule has 2 rings (SSSR count). The maximum absolute atomic E-state index is 11.9. The van der Waals surface area contributed by atoms with Crippen molar-refractivity contribution in [1.82, 2.24) is 0 Å². The summed E-state index contributed by atoms with van der Waals surface area (Å²) in [4.78, 5) is 22.8. The van der Waals surface area contributed by atoms with Gasteiger partial charge < -0.3 is 10.1 Å². The fourth-order valence-electron chi connectivity index (χ4n) is 1.65. The summed E-state index contributed by atoms with van der Waals surface area (Å²) in [5, 5.41) is 2.62. The number of hydrogen-bond donors (Lipinski definition) is 1. The number of halogens is 2. The molecule has 0 saturated heterocycles. The third-order valence-electron chi connectivity index (χ3n) is 3.09. The molecule has 1 unspecified atom stereocenters. The molecule has 1 aromatic carbocycles. The van der Waals surface area contributed by atoms with E-state index in [0.29, 0.717) is 17.9 Å². The molecule has 1 saturated carbocycles. The van der Waals surface area contributed by atoms with Gasteiger partial charge >= 0.3 is 5.97 Å². The molecule has 4 nitrogen and oxygen atoms in total. The zero-order valence-corrected chi connectivity index (χ0v) is 12.0. The molecule has 102 valence electrons. The predicted molar refractivity (Wildman–Crippen MR) is 73.5 cm³/mol. The third kappa shape index (κ3) is 2.85. The second kappa shape index (κ2) is 4.69. The number of hydrogen-bond acceptors (Lipinski definition) is 3. The lowest BCUT2D eigenvalue weighted by Crippen LogP contribution is -2.23. The van der Waals surface area contributed by atoms with Crippen molar-refractivity contribution >= 4 is 40.8 Å². The number of benzene rings is 1. The van der Waals surface area contributed by atoms with E-state index >= 15 is 0 Å². The van der Waals surface area contributed by atoms with Crippen LogP contribution < -0.4 is 10.1 Å². The predicted octanol–water partition coefficient (Wildman–Crippen LogP) is 3.13. The van der Waals surface area contributed by atoms with E-state index in [-0.39, 0.29) is 5.91 Å². The van der Waals surface area contributed by atoms with Gasteiger partial charge in [-0.3, -0.25) is 9.59 Å². The Morgan fingerprint density at radius 1 is 1.26 bits per heavy atom. The van der Waals surface area contributed by atoms with Gasteiger partial charge in [-0.2, -0.15) is 0 Å². The van der Waals surface area contributed by atoms with Crippen molar-refractivity contribution in [2.24, 2.45) is 5.41 Å². The minimum atomic E-state index is -1.04. The van der Waals surface area contributed by atoms with Gasteiger partial charge in [0.2, 0.25) is 5.91 Å². The molecular formula is C13H13Cl2NO3. The summed E-state index contributed by atoms with van der Waals surface area (Å²) in [5.74, 6) is -0.231. The second-order valence-corrected chi connectivity index (χ2v) is 6.29. The van der Waals surface area contributed by atoms with E-state index in [9.17, 15) is 9.59 Å². The molecule has 1 aliphatic rings. The van der Waals surface area contributed by atoms with Crippen LogP contribution in [-0.2, 0) is 9.59 Å². The van der Waals surface area contributed by atoms with Gasteiger partial charge in [-0.15, -0.1) is 23.2 Å². The van der Waals surface area contributed by atoms with Gasteiger partial charge in [-0.05, 0) is 31.2 Å². The van der Waals surface area contributed by atoms with Crippen LogP contribution in [0, 0.1) is 5.41 Å². The molecule has 0 bridgehead atoms. The molecule has 1 fully saturated rings. The molecule has 0 radical (unpaired) electrons. The van der Waals surface area contributed by atoms with Gasteiger partial charge in [0.15, 0.2) is 0 Å². The Balaban J connectivity index is 2.01. The fraction of sp³-hybridized carbons (Fsp3) is 0.385. The summed E-state index contributed by atoms with van der Waals surface area (Å²) in [5.41, 5.74) is -0.221. The molecule has 0 aromatic heterocycles. The van der Waals surface area contributed by atoms with Crippen LogP contribution in [0.3, 0.4) is 0 Å². The highest BCUT2D eigenvalue weighted by Crippen LogP contribution is 2.64. The van der Waals surface area contributed by atoms with Crippen molar-refractivity contribution < 1.29 is 14.3 Å².